The van der Waals surface area contributed by atoms with Gasteiger partial charge in [0.2, 0.25) is 5.91 Å². The molecule has 1 spiro atoms. The highest BCUT2D eigenvalue weighted by atomic mass is 127. The summed E-state index contributed by atoms with van der Waals surface area (Å²) < 4.78 is 29.2. The van der Waals surface area contributed by atoms with Gasteiger partial charge >= 0.3 is 0 Å². The van der Waals surface area contributed by atoms with Crippen molar-refractivity contribution < 1.29 is 23.5 Å². The number of fused-ring (bicyclic) bond motifs is 2. The molecule has 26 heavy (non-hydrogen) atoms. The molecule has 2 saturated carbocycles. The summed E-state index contributed by atoms with van der Waals surface area (Å²) >= 11 is 1.83. The standard InChI is InChI=1S/C18H19F2IN2O3/c1-9-4-18(26,5-9)22-13(24)7-23-8-17(6-12(17)19)14-10(16(23)25)2-3-11(21)15(14)20/h2-3,9,12,26H,4-8H2,1H3,(H,22,24)/t9?,12-,17+,18?/m0/s1. The summed E-state index contributed by atoms with van der Waals surface area (Å²) in [5.41, 5.74) is -2.02. The molecule has 3 aliphatic rings. The first kappa shape index (κ1) is 18.1. The average Bonchev–Trinajstić information content (AvgIpc) is 3.15. The van der Waals surface area contributed by atoms with Gasteiger partial charge in [-0.15, -0.1) is 0 Å². The topological polar surface area (TPSA) is 69.6 Å². The molecule has 0 aromatic heterocycles. The predicted molar refractivity (Wildman–Crippen MR) is 97.7 cm³/mol. The molecule has 2 N–H and O–H groups in total. The maximum Gasteiger partial charge on any atom is 0.254 e. The number of carbonyl (C=O) groups is 2. The second-order valence-electron chi connectivity index (χ2n) is 7.87. The molecule has 0 bridgehead atoms. The van der Waals surface area contributed by atoms with E-state index in [4.69, 9.17) is 0 Å². The Morgan fingerprint density at radius 3 is 2.65 bits per heavy atom. The van der Waals surface area contributed by atoms with E-state index in [0.717, 1.165) is 0 Å². The Morgan fingerprint density at radius 1 is 1.42 bits per heavy atom. The van der Waals surface area contributed by atoms with Crippen LogP contribution < -0.4 is 5.32 Å². The molecule has 2 amide bonds. The van der Waals surface area contributed by atoms with E-state index in [-0.39, 0.29) is 30.6 Å². The van der Waals surface area contributed by atoms with E-state index in [1.807, 2.05) is 29.5 Å². The summed E-state index contributed by atoms with van der Waals surface area (Å²) in [5.74, 6) is -1.19. The highest BCUT2D eigenvalue weighted by Gasteiger charge is 2.62. The van der Waals surface area contributed by atoms with Crippen LogP contribution in [-0.2, 0) is 10.2 Å². The molecule has 8 heteroatoms. The molecule has 4 rings (SSSR count). The Morgan fingerprint density at radius 2 is 2.08 bits per heavy atom. The minimum atomic E-state index is -1.23. The second kappa shape index (κ2) is 5.85. The first-order valence-corrected chi connectivity index (χ1v) is 9.68. The molecule has 2 aliphatic carbocycles. The number of halogens is 3. The summed E-state index contributed by atoms with van der Waals surface area (Å²) in [5, 5.41) is 12.7. The zero-order chi connectivity index (χ0) is 18.9. The van der Waals surface area contributed by atoms with E-state index in [1.165, 1.54) is 17.0 Å². The minimum absolute atomic E-state index is 0.0285. The Bertz CT molecular complexity index is 812. The number of nitrogens with one attached hydrogen (secondary N) is 1. The van der Waals surface area contributed by atoms with E-state index in [2.05, 4.69) is 5.32 Å². The van der Waals surface area contributed by atoms with Crippen LogP contribution in [0, 0.1) is 15.3 Å². The van der Waals surface area contributed by atoms with E-state index >= 15 is 0 Å². The van der Waals surface area contributed by atoms with Crippen LogP contribution in [0.5, 0.6) is 0 Å². The molecule has 0 unspecified atom stereocenters. The van der Waals surface area contributed by atoms with Gasteiger partial charge in [0.15, 0.2) is 0 Å². The SMILES string of the molecule is CC1CC(O)(NC(=O)CN2C[C@@]3(C[C@@H]3F)c3c(ccc(I)c3F)C2=O)C1. The first-order chi connectivity index (χ1) is 12.2. The van der Waals surface area contributed by atoms with Crippen molar-refractivity contribution >= 4 is 34.4 Å². The van der Waals surface area contributed by atoms with E-state index in [9.17, 15) is 23.5 Å². The lowest BCUT2D eigenvalue weighted by atomic mass is 9.78. The van der Waals surface area contributed by atoms with Crippen molar-refractivity contribution in [3.05, 3.63) is 32.6 Å². The molecule has 2 atom stereocenters. The Balaban J connectivity index is 1.57. The summed E-state index contributed by atoms with van der Waals surface area (Å²) in [6.45, 7) is 1.66. The Labute approximate surface area is 163 Å². The van der Waals surface area contributed by atoms with Gasteiger partial charge in [-0.2, -0.15) is 0 Å². The molecule has 140 valence electrons. The molecular weight excluding hydrogens is 457 g/mol. The van der Waals surface area contributed by atoms with Crippen molar-refractivity contribution in [2.75, 3.05) is 13.1 Å². The molecule has 0 saturated heterocycles. The van der Waals surface area contributed by atoms with Crippen molar-refractivity contribution in [3.8, 4) is 0 Å². The largest absolute Gasteiger partial charge is 0.371 e. The molecule has 1 aliphatic heterocycles. The van der Waals surface area contributed by atoms with Gasteiger partial charge in [0.1, 0.15) is 17.7 Å². The second-order valence-corrected chi connectivity index (χ2v) is 9.03. The monoisotopic (exact) mass is 476 g/mol. The lowest BCUT2D eigenvalue weighted by Gasteiger charge is -2.43. The third-order valence-corrected chi connectivity index (χ3v) is 6.48. The molecule has 5 nitrogen and oxygen atoms in total. The highest BCUT2D eigenvalue weighted by Crippen LogP contribution is 2.55. The third kappa shape index (κ3) is 2.72. The molecule has 2 fully saturated rings. The van der Waals surface area contributed by atoms with Gasteiger partial charge in [-0.1, -0.05) is 6.92 Å². The highest BCUT2D eigenvalue weighted by molar-refractivity contribution is 14.1. The fourth-order valence-corrected chi connectivity index (χ4v) is 4.81. The molecular formula is C18H19F2IN2O3. The summed E-state index contributed by atoms with van der Waals surface area (Å²) in [7, 11) is 0. The Kier molecular flexibility index (Phi) is 4.07. The fraction of sp³-hybridized carbons (Fsp3) is 0.556. The number of rotatable bonds is 3. The number of hydrogen-bond donors (Lipinski definition) is 2. The van der Waals surface area contributed by atoms with Crippen molar-refractivity contribution in [2.24, 2.45) is 5.92 Å². The van der Waals surface area contributed by atoms with Crippen molar-refractivity contribution in [2.45, 2.75) is 43.5 Å². The van der Waals surface area contributed by atoms with Crippen molar-refractivity contribution in [1.29, 1.82) is 0 Å². The number of aliphatic hydroxyl groups is 1. The zero-order valence-corrected chi connectivity index (χ0v) is 16.3. The molecule has 0 radical (unpaired) electrons. The summed E-state index contributed by atoms with van der Waals surface area (Å²) in [6.07, 6.45) is -0.154. The number of nitrogens with zero attached hydrogens (tertiary/aromatic N) is 1. The van der Waals surface area contributed by atoms with Crippen LogP contribution in [-0.4, -0.2) is 46.8 Å². The normalized spacial score (nSPS) is 35.1. The van der Waals surface area contributed by atoms with Crippen LogP contribution in [0.25, 0.3) is 0 Å². The number of alkyl halides is 1. The third-order valence-electron chi connectivity index (χ3n) is 5.65. The van der Waals surface area contributed by atoms with Gasteiger partial charge in [-0.3, -0.25) is 9.59 Å². The maximum absolute atomic E-state index is 14.6. The van der Waals surface area contributed by atoms with Crippen molar-refractivity contribution in [3.63, 3.8) is 0 Å². The minimum Gasteiger partial charge on any atom is -0.371 e. The van der Waals surface area contributed by atoms with Crippen LogP contribution in [0.3, 0.4) is 0 Å². The van der Waals surface area contributed by atoms with Crippen LogP contribution in [0.2, 0.25) is 0 Å². The lowest BCUT2D eigenvalue weighted by Crippen LogP contribution is -2.59. The van der Waals surface area contributed by atoms with Gasteiger partial charge in [0.25, 0.3) is 5.91 Å². The summed E-state index contributed by atoms with van der Waals surface area (Å²) in [6, 6.07) is 2.98. The van der Waals surface area contributed by atoms with Gasteiger partial charge in [-0.25, -0.2) is 8.78 Å². The van der Waals surface area contributed by atoms with Gasteiger partial charge < -0.3 is 15.3 Å². The first-order valence-electron chi connectivity index (χ1n) is 8.60. The van der Waals surface area contributed by atoms with E-state index in [1.54, 1.807) is 0 Å². The fourth-order valence-electron chi connectivity index (χ4n) is 4.36. The van der Waals surface area contributed by atoms with Crippen LogP contribution in [0.4, 0.5) is 8.78 Å². The van der Waals surface area contributed by atoms with Crippen LogP contribution >= 0.6 is 22.6 Å². The zero-order valence-electron chi connectivity index (χ0n) is 14.2. The predicted octanol–water partition coefficient (Wildman–Crippen LogP) is 2.10. The smallest absolute Gasteiger partial charge is 0.254 e. The summed E-state index contributed by atoms with van der Waals surface area (Å²) in [4.78, 5) is 26.3. The number of carbonyl (C=O) groups excluding carboxylic acids is 2. The quantitative estimate of drug-likeness (QED) is 0.519. The number of amides is 2. The molecule has 1 heterocycles. The van der Waals surface area contributed by atoms with E-state index in [0.29, 0.717) is 22.3 Å². The Hall–Kier alpha value is -1.29. The average molecular weight is 476 g/mol. The van der Waals surface area contributed by atoms with Gasteiger partial charge in [-0.05, 0) is 59.9 Å². The van der Waals surface area contributed by atoms with Gasteiger partial charge in [0, 0.05) is 21.2 Å². The van der Waals surface area contributed by atoms with Crippen molar-refractivity contribution in [1.82, 2.24) is 10.2 Å². The van der Waals surface area contributed by atoms with Crippen LogP contribution in [0.1, 0.15) is 42.1 Å². The molecule has 1 aromatic rings. The van der Waals surface area contributed by atoms with Gasteiger partial charge in [0.05, 0.1) is 12.0 Å². The number of benzene rings is 1. The lowest BCUT2D eigenvalue weighted by molar-refractivity contribution is -0.141. The van der Waals surface area contributed by atoms with E-state index < -0.39 is 34.9 Å². The maximum atomic E-state index is 14.6. The van der Waals surface area contributed by atoms with Crippen LogP contribution in [0.15, 0.2) is 12.1 Å². The molecule has 1 aromatic carbocycles. The number of hydrogen-bond acceptors (Lipinski definition) is 3.